The normalized spacial score (nSPS) is 12.2. The van der Waals surface area contributed by atoms with Gasteiger partial charge in [0, 0.05) is 23.3 Å². The first-order chi connectivity index (χ1) is 7.75. The molecule has 0 aliphatic heterocycles. The quantitative estimate of drug-likeness (QED) is 0.842. The van der Waals surface area contributed by atoms with E-state index in [4.69, 9.17) is 0 Å². The molecule has 0 atom stereocenters. The fourth-order valence-corrected chi connectivity index (χ4v) is 1.77. The second-order valence-corrected chi connectivity index (χ2v) is 6.16. The average Bonchev–Trinajstić information content (AvgIpc) is 2.18. The molecular formula is C13H22N2OS. The van der Waals surface area contributed by atoms with Gasteiger partial charge in [-0.2, -0.15) is 17.7 Å². The first-order valence-corrected chi connectivity index (χ1v) is 6.61. The zero-order valence-corrected chi connectivity index (χ0v) is 12.2. The van der Waals surface area contributed by atoms with Crippen LogP contribution in [0, 0.1) is 5.92 Å². The summed E-state index contributed by atoms with van der Waals surface area (Å²) in [6, 6.07) is 1.88. The lowest BCUT2D eigenvalue weighted by molar-refractivity contribution is 0.436. The first-order valence-electron chi connectivity index (χ1n) is 5.98. The fourth-order valence-electron chi connectivity index (χ4n) is 1.55. The molecular weight excluding hydrogens is 232 g/mol. The summed E-state index contributed by atoms with van der Waals surface area (Å²) in [4.78, 5) is 12.1. The Labute approximate surface area is 109 Å². The van der Waals surface area contributed by atoms with Crippen LogP contribution >= 0.6 is 12.6 Å². The van der Waals surface area contributed by atoms with Crippen molar-refractivity contribution in [2.75, 3.05) is 0 Å². The molecule has 1 aromatic heterocycles. The summed E-state index contributed by atoms with van der Waals surface area (Å²) in [5, 5.41) is 4.46. The van der Waals surface area contributed by atoms with E-state index in [-0.39, 0.29) is 11.0 Å². The summed E-state index contributed by atoms with van der Waals surface area (Å²) >= 11 is 4.22. The molecule has 1 aromatic rings. The van der Waals surface area contributed by atoms with E-state index in [9.17, 15) is 4.79 Å². The van der Waals surface area contributed by atoms with Crippen molar-refractivity contribution >= 4 is 12.6 Å². The topological polar surface area (TPSA) is 34.9 Å². The van der Waals surface area contributed by atoms with Gasteiger partial charge in [0.2, 0.25) is 0 Å². The average molecular weight is 254 g/mol. The van der Waals surface area contributed by atoms with Gasteiger partial charge in [0.05, 0.1) is 5.69 Å². The zero-order chi connectivity index (χ0) is 13.2. The molecule has 0 saturated heterocycles. The van der Waals surface area contributed by atoms with E-state index in [2.05, 4.69) is 52.3 Å². The number of hydrogen-bond acceptors (Lipinski definition) is 3. The Bertz CT molecular complexity index is 444. The summed E-state index contributed by atoms with van der Waals surface area (Å²) < 4.78 is 1.58. The van der Waals surface area contributed by atoms with E-state index >= 15 is 0 Å². The van der Waals surface area contributed by atoms with Crippen molar-refractivity contribution in [1.82, 2.24) is 9.78 Å². The SMILES string of the molecule is CC(C)Cn1nc(C(C)(C)C)cc(CS)c1=O. The molecule has 96 valence electrons. The highest BCUT2D eigenvalue weighted by atomic mass is 32.1. The van der Waals surface area contributed by atoms with E-state index in [1.807, 2.05) is 6.07 Å². The number of hydrogen-bond donors (Lipinski definition) is 1. The Morgan fingerprint density at radius 2 is 2.00 bits per heavy atom. The van der Waals surface area contributed by atoms with E-state index in [0.29, 0.717) is 18.2 Å². The molecule has 0 bridgehead atoms. The summed E-state index contributed by atoms with van der Waals surface area (Å²) in [7, 11) is 0. The van der Waals surface area contributed by atoms with E-state index in [1.165, 1.54) is 0 Å². The third kappa shape index (κ3) is 3.60. The molecule has 0 aromatic carbocycles. The summed E-state index contributed by atoms with van der Waals surface area (Å²) in [6.07, 6.45) is 0. The second kappa shape index (κ2) is 5.25. The van der Waals surface area contributed by atoms with E-state index in [0.717, 1.165) is 11.3 Å². The van der Waals surface area contributed by atoms with E-state index < -0.39 is 0 Å². The van der Waals surface area contributed by atoms with Gasteiger partial charge in [-0.1, -0.05) is 34.6 Å². The number of aromatic nitrogens is 2. The van der Waals surface area contributed by atoms with Crippen molar-refractivity contribution in [3.05, 3.63) is 27.7 Å². The third-order valence-electron chi connectivity index (χ3n) is 2.53. The lowest BCUT2D eigenvalue weighted by Crippen LogP contribution is -2.31. The van der Waals surface area contributed by atoms with Crippen molar-refractivity contribution in [2.45, 2.75) is 52.3 Å². The van der Waals surface area contributed by atoms with Gasteiger partial charge in [-0.25, -0.2) is 4.68 Å². The molecule has 1 rings (SSSR count). The Balaban J connectivity index is 3.34. The molecule has 3 nitrogen and oxygen atoms in total. The molecule has 17 heavy (non-hydrogen) atoms. The van der Waals surface area contributed by atoms with Crippen molar-refractivity contribution < 1.29 is 0 Å². The monoisotopic (exact) mass is 254 g/mol. The molecule has 0 radical (unpaired) electrons. The van der Waals surface area contributed by atoms with Gasteiger partial charge in [-0.15, -0.1) is 0 Å². The minimum Gasteiger partial charge on any atom is -0.267 e. The molecule has 0 unspecified atom stereocenters. The van der Waals surface area contributed by atoms with Crippen LogP contribution in [-0.4, -0.2) is 9.78 Å². The molecule has 0 aliphatic rings. The van der Waals surface area contributed by atoms with Crippen molar-refractivity contribution in [2.24, 2.45) is 5.92 Å². The van der Waals surface area contributed by atoms with Gasteiger partial charge in [-0.3, -0.25) is 4.79 Å². The van der Waals surface area contributed by atoms with Crippen LogP contribution in [0.3, 0.4) is 0 Å². The van der Waals surface area contributed by atoms with E-state index in [1.54, 1.807) is 4.68 Å². The van der Waals surface area contributed by atoms with Crippen molar-refractivity contribution in [1.29, 1.82) is 0 Å². The van der Waals surface area contributed by atoms with Gasteiger partial charge >= 0.3 is 0 Å². The second-order valence-electron chi connectivity index (χ2n) is 5.84. The molecule has 0 fully saturated rings. The van der Waals surface area contributed by atoms with Crippen LogP contribution in [0.1, 0.15) is 45.9 Å². The van der Waals surface area contributed by atoms with Crippen LogP contribution < -0.4 is 5.56 Å². The van der Waals surface area contributed by atoms with Crippen LogP contribution in [0.2, 0.25) is 0 Å². The van der Waals surface area contributed by atoms with Crippen LogP contribution in [0.5, 0.6) is 0 Å². The molecule has 0 spiro atoms. The first kappa shape index (κ1) is 14.3. The molecule has 0 N–H and O–H groups in total. The highest BCUT2D eigenvalue weighted by molar-refractivity contribution is 7.79. The van der Waals surface area contributed by atoms with Crippen LogP contribution in [0.15, 0.2) is 10.9 Å². The van der Waals surface area contributed by atoms with Gasteiger partial charge in [0.1, 0.15) is 0 Å². The Morgan fingerprint density at radius 3 is 2.41 bits per heavy atom. The Morgan fingerprint density at radius 1 is 1.41 bits per heavy atom. The number of thiol groups is 1. The van der Waals surface area contributed by atoms with Crippen LogP contribution in [0.25, 0.3) is 0 Å². The molecule has 1 heterocycles. The Hall–Kier alpha value is -0.770. The molecule has 0 saturated carbocycles. The predicted molar refractivity (Wildman–Crippen MR) is 74.7 cm³/mol. The maximum atomic E-state index is 12.1. The van der Waals surface area contributed by atoms with Crippen LogP contribution in [0.4, 0.5) is 0 Å². The molecule has 0 aliphatic carbocycles. The van der Waals surface area contributed by atoms with Crippen molar-refractivity contribution in [3.63, 3.8) is 0 Å². The van der Waals surface area contributed by atoms with Gasteiger partial charge in [-0.05, 0) is 12.0 Å². The molecule has 4 heteroatoms. The summed E-state index contributed by atoms with van der Waals surface area (Å²) in [5.41, 5.74) is 1.61. The minimum atomic E-state index is -0.0515. The maximum absolute atomic E-state index is 12.1. The Kier molecular flexibility index (Phi) is 4.42. The van der Waals surface area contributed by atoms with Gasteiger partial charge < -0.3 is 0 Å². The highest BCUT2D eigenvalue weighted by Crippen LogP contribution is 2.20. The van der Waals surface area contributed by atoms with Gasteiger partial charge in [0.15, 0.2) is 0 Å². The smallest absolute Gasteiger partial charge is 0.267 e. The number of rotatable bonds is 3. The fraction of sp³-hybridized carbons (Fsp3) is 0.692. The summed E-state index contributed by atoms with van der Waals surface area (Å²) in [5.74, 6) is 0.867. The van der Waals surface area contributed by atoms with Crippen molar-refractivity contribution in [3.8, 4) is 0 Å². The number of nitrogens with zero attached hydrogens (tertiary/aromatic N) is 2. The van der Waals surface area contributed by atoms with Gasteiger partial charge in [0.25, 0.3) is 5.56 Å². The highest BCUT2D eigenvalue weighted by Gasteiger charge is 2.19. The zero-order valence-electron chi connectivity index (χ0n) is 11.3. The minimum absolute atomic E-state index is 0.0123. The lowest BCUT2D eigenvalue weighted by atomic mass is 9.91. The third-order valence-corrected chi connectivity index (χ3v) is 2.87. The predicted octanol–water partition coefficient (Wildman–Crippen LogP) is 2.63. The molecule has 0 amide bonds. The van der Waals surface area contributed by atoms with Crippen LogP contribution in [-0.2, 0) is 17.7 Å². The maximum Gasteiger partial charge on any atom is 0.270 e. The summed E-state index contributed by atoms with van der Waals surface area (Å²) in [6.45, 7) is 11.1. The largest absolute Gasteiger partial charge is 0.270 e. The lowest BCUT2D eigenvalue weighted by Gasteiger charge is -2.20. The standard InChI is InChI=1S/C13H22N2OS/c1-9(2)7-15-12(16)10(8-17)6-11(14-15)13(3,4)5/h6,9,17H,7-8H2,1-5H3.